The predicted molar refractivity (Wildman–Crippen MR) is 60.6 cm³/mol. The van der Waals surface area contributed by atoms with Crippen molar-refractivity contribution in [3.8, 4) is 0 Å². The van der Waals surface area contributed by atoms with E-state index in [2.05, 4.69) is 0 Å². The topological polar surface area (TPSA) is 26.0 Å². The maximum atomic E-state index is 5.97. The molecule has 0 radical (unpaired) electrons. The average Bonchev–Trinajstić information content (AvgIpc) is 2.12. The van der Waals surface area contributed by atoms with Gasteiger partial charge < -0.3 is 5.73 Å². The van der Waals surface area contributed by atoms with Crippen LogP contribution in [0.3, 0.4) is 0 Å². The number of hydrogen-bond acceptors (Lipinski definition) is 1. The summed E-state index contributed by atoms with van der Waals surface area (Å²) in [6.07, 6.45) is 0. The molecule has 2 aromatic carbocycles. The largest absolute Gasteiger partial charge is 0.398 e. The van der Waals surface area contributed by atoms with E-state index in [0.717, 1.165) is 21.5 Å². The molecule has 0 saturated carbocycles. The van der Waals surface area contributed by atoms with Gasteiger partial charge in [-0.25, -0.2) is 0 Å². The lowest BCUT2D eigenvalue weighted by molar-refractivity contribution is 1.73. The van der Waals surface area contributed by atoms with Crippen LogP contribution in [-0.2, 0) is 0 Å². The van der Waals surface area contributed by atoms with Gasteiger partial charge in [-0.2, -0.15) is 0 Å². The van der Waals surface area contributed by atoms with Gasteiger partial charge in [-0.05, 0) is 12.1 Å². The summed E-state index contributed by atoms with van der Waals surface area (Å²) >= 11 is 5.97. The molecule has 0 amide bonds. The third kappa shape index (κ3) is 1.71. The van der Waals surface area contributed by atoms with E-state index < -0.39 is 0 Å². The first-order valence-electron chi connectivity index (χ1n) is 3.72. The number of halogens is 2. The zero-order valence-corrected chi connectivity index (χ0v) is 8.40. The SMILES string of the molecule is Cl.Nc1ccc(Cl)c2ccccc12. The van der Waals surface area contributed by atoms with E-state index in [1.165, 1.54) is 0 Å². The van der Waals surface area contributed by atoms with Crippen LogP contribution in [0.4, 0.5) is 5.69 Å². The average molecular weight is 214 g/mol. The lowest BCUT2D eigenvalue weighted by Gasteiger charge is -2.02. The van der Waals surface area contributed by atoms with E-state index in [0.29, 0.717) is 0 Å². The zero-order chi connectivity index (χ0) is 8.55. The smallest absolute Gasteiger partial charge is 0.0485 e. The highest BCUT2D eigenvalue weighted by atomic mass is 35.5. The van der Waals surface area contributed by atoms with Crippen LogP contribution >= 0.6 is 24.0 Å². The van der Waals surface area contributed by atoms with Gasteiger partial charge in [0.2, 0.25) is 0 Å². The quantitative estimate of drug-likeness (QED) is 0.667. The maximum absolute atomic E-state index is 5.97. The lowest BCUT2D eigenvalue weighted by Crippen LogP contribution is -1.86. The molecule has 0 aliphatic heterocycles. The highest BCUT2D eigenvalue weighted by molar-refractivity contribution is 6.36. The Hall–Kier alpha value is -0.920. The van der Waals surface area contributed by atoms with Gasteiger partial charge in [-0.15, -0.1) is 12.4 Å². The van der Waals surface area contributed by atoms with Gasteiger partial charge in [0.05, 0.1) is 0 Å². The second-order valence-electron chi connectivity index (χ2n) is 2.68. The van der Waals surface area contributed by atoms with Gasteiger partial charge in [0, 0.05) is 21.5 Å². The second-order valence-corrected chi connectivity index (χ2v) is 3.09. The molecule has 0 bridgehead atoms. The molecular weight excluding hydrogens is 205 g/mol. The standard InChI is InChI=1S/C10H8ClN.ClH/c11-9-5-6-10(12)8-4-2-1-3-7(8)9;/h1-6H,12H2;1H. The van der Waals surface area contributed by atoms with Gasteiger partial charge in [-0.3, -0.25) is 0 Å². The molecule has 13 heavy (non-hydrogen) atoms. The van der Waals surface area contributed by atoms with Crippen LogP contribution in [0.5, 0.6) is 0 Å². The molecule has 0 atom stereocenters. The summed E-state index contributed by atoms with van der Waals surface area (Å²) in [5, 5.41) is 2.78. The van der Waals surface area contributed by atoms with Gasteiger partial charge in [0.25, 0.3) is 0 Å². The number of rotatable bonds is 0. The Balaban J connectivity index is 0.000000845. The number of nitrogen functional groups attached to an aromatic ring is 1. The van der Waals surface area contributed by atoms with Gasteiger partial charge in [0.15, 0.2) is 0 Å². The molecule has 0 aromatic heterocycles. The summed E-state index contributed by atoms with van der Waals surface area (Å²) in [4.78, 5) is 0. The van der Waals surface area contributed by atoms with Crippen molar-refractivity contribution >= 4 is 40.5 Å². The number of hydrogen-bond donors (Lipinski definition) is 1. The third-order valence-corrected chi connectivity index (χ3v) is 2.23. The third-order valence-electron chi connectivity index (χ3n) is 1.90. The zero-order valence-electron chi connectivity index (χ0n) is 6.83. The summed E-state index contributed by atoms with van der Waals surface area (Å²) in [5.74, 6) is 0. The normalized spacial score (nSPS) is 9.62. The first kappa shape index (κ1) is 10.2. The molecule has 0 spiro atoms. The van der Waals surface area contributed by atoms with Crippen LogP contribution in [0.1, 0.15) is 0 Å². The molecule has 68 valence electrons. The number of fused-ring (bicyclic) bond motifs is 1. The molecule has 0 heterocycles. The van der Waals surface area contributed by atoms with Gasteiger partial charge in [-0.1, -0.05) is 35.9 Å². The molecule has 0 fully saturated rings. The minimum absolute atomic E-state index is 0. The Labute approximate surface area is 87.9 Å². The number of nitrogens with two attached hydrogens (primary N) is 1. The summed E-state index contributed by atoms with van der Waals surface area (Å²) in [6, 6.07) is 11.5. The summed E-state index contributed by atoms with van der Waals surface area (Å²) in [5.41, 5.74) is 6.54. The fraction of sp³-hybridized carbons (Fsp3) is 0. The predicted octanol–water partition coefficient (Wildman–Crippen LogP) is 3.50. The monoisotopic (exact) mass is 213 g/mol. The molecule has 0 saturated heterocycles. The molecule has 0 unspecified atom stereocenters. The fourth-order valence-electron chi connectivity index (χ4n) is 1.29. The van der Waals surface area contributed by atoms with Gasteiger partial charge >= 0.3 is 0 Å². The van der Waals surface area contributed by atoms with Crippen molar-refractivity contribution in [1.29, 1.82) is 0 Å². The lowest BCUT2D eigenvalue weighted by atomic mass is 10.1. The molecule has 0 aliphatic carbocycles. The van der Waals surface area contributed by atoms with Crippen LogP contribution in [-0.4, -0.2) is 0 Å². The number of benzene rings is 2. The van der Waals surface area contributed by atoms with Crippen LogP contribution in [0.15, 0.2) is 36.4 Å². The van der Waals surface area contributed by atoms with Crippen molar-refractivity contribution in [2.45, 2.75) is 0 Å². The molecular formula is C10H9Cl2N. The van der Waals surface area contributed by atoms with E-state index in [4.69, 9.17) is 17.3 Å². The number of anilines is 1. The second kappa shape index (κ2) is 3.86. The summed E-state index contributed by atoms with van der Waals surface area (Å²) in [7, 11) is 0. The highest BCUT2D eigenvalue weighted by Crippen LogP contribution is 2.27. The van der Waals surface area contributed by atoms with Crippen molar-refractivity contribution in [1.82, 2.24) is 0 Å². The highest BCUT2D eigenvalue weighted by Gasteiger charge is 1.99. The Morgan fingerprint density at radius 1 is 0.923 bits per heavy atom. The van der Waals surface area contributed by atoms with Crippen molar-refractivity contribution in [2.24, 2.45) is 0 Å². The molecule has 0 aliphatic rings. The van der Waals surface area contributed by atoms with E-state index in [-0.39, 0.29) is 12.4 Å². The Kier molecular flexibility index (Phi) is 3.02. The summed E-state index contributed by atoms with van der Waals surface area (Å²) < 4.78 is 0. The van der Waals surface area contributed by atoms with Crippen molar-refractivity contribution in [2.75, 3.05) is 5.73 Å². The van der Waals surface area contributed by atoms with Crippen LogP contribution in [0.25, 0.3) is 10.8 Å². The molecule has 3 heteroatoms. The molecule has 2 N–H and O–H groups in total. The molecule has 2 aromatic rings. The minimum atomic E-state index is 0. The molecule has 1 nitrogen and oxygen atoms in total. The van der Waals surface area contributed by atoms with Crippen LogP contribution < -0.4 is 5.73 Å². The van der Waals surface area contributed by atoms with Crippen molar-refractivity contribution in [3.63, 3.8) is 0 Å². The van der Waals surface area contributed by atoms with Crippen LogP contribution in [0.2, 0.25) is 5.02 Å². The minimum Gasteiger partial charge on any atom is -0.398 e. The fourth-order valence-corrected chi connectivity index (χ4v) is 1.51. The maximum Gasteiger partial charge on any atom is 0.0485 e. The van der Waals surface area contributed by atoms with E-state index in [1.807, 2.05) is 36.4 Å². The van der Waals surface area contributed by atoms with E-state index in [1.54, 1.807) is 0 Å². The van der Waals surface area contributed by atoms with Crippen molar-refractivity contribution < 1.29 is 0 Å². The Morgan fingerprint density at radius 3 is 2.15 bits per heavy atom. The molecule has 2 rings (SSSR count). The van der Waals surface area contributed by atoms with Crippen molar-refractivity contribution in [3.05, 3.63) is 41.4 Å². The van der Waals surface area contributed by atoms with E-state index >= 15 is 0 Å². The van der Waals surface area contributed by atoms with E-state index in [9.17, 15) is 0 Å². The van der Waals surface area contributed by atoms with Crippen LogP contribution in [0, 0.1) is 0 Å². The Morgan fingerprint density at radius 2 is 1.54 bits per heavy atom. The van der Waals surface area contributed by atoms with Gasteiger partial charge in [0.1, 0.15) is 0 Å². The Bertz CT molecular complexity index is 386. The first-order valence-corrected chi connectivity index (χ1v) is 4.09. The first-order chi connectivity index (χ1) is 5.79. The summed E-state index contributed by atoms with van der Waals surface area (Å²) in [6.45, 7) is 0.